The Labute approximate surface area is 195 Å². The number of nitrogens with zero attached hydrogens (tertiary/aromatic N) is 2. The van der Waals surface area contributed by atoms with Crippen LogP contribution in [0.15, 0.2) is 59.5 Å². The number of sulfonamides is 1. The van der Waals surface area contributed by atoms with Gasteiger partial charge in [-0.25, -0.2) is 8.42 Å². The molecular weight excluding hydrogens is 438 g/mol. The smallest absolute Gasteiger partial charge is 0.243 e. The van der Waals surface area contributed by atoms with Crippen LogP contribution in [0, 0.1) is 11.8 Å². The van der Waals surface area contributed by atoms with Gasteiger partial charge in [0.2, 0.25) is 21.8 Å². The highest BCUT2D eigenvalue weighted by Gasteiger charge is 2.36. The van der Waals surface area contributed by atoms with Crippen LogP contribution in [-0.2, 0) is 19.6 Å². The topological polar surface area (TPSA) is 86.8 Å². The van der Waals surface area contributed by atoms with Gasteiger partial charge in [-0.05, 0) is 55.5 Å². The van der Waals surface area contributed by atoms with Crippen LogP contribution in [-0.4, -0.2) is 44.2 Å². The average Bonchev–Trinajstić information content (AvgIpc) is 3.22. The molecule has 0 aromatic heterocycles. The zero-order valence-corrected chi connectivity index (χ0v) is 19.9. The van der Waals surface area contributed by atoms with Gasteiger partial charge in [0.05, 0.1) is 16.9 Å². The van der Waals surface area contributed by atoms with Crippen molar-refractivity contribution in [2.45, 2.75) is 44.0 Å². The predicted molar refractivity (Wildman–Crippen MR) is 127 cm³/mol. The van der Waals surface area contributed by atoms with Crippen molar-refractivity contribution in [1.29, 1.82) is 0 Å². The largest absolute Gasteiger partial charge is 0.349 e. The summed E-state index contributed by atoms with van der Waals surface area (Å²) in [7, 11) is -3.54. The van der Waals surface area contributed by atoms with Crippen LogP contribution in [0.1, 0.15) is 44.7 Å². The maximum Gasteiger partial charge on any atom is 0.243 e. The molecule has 33 heavy (non-hydrogen) atoms. The summed E-state index contributed by atoms with van der Waals surface area (Å²) < 4.78 is 27.4. The van der Waals surface area contributed by atoms with Crippen LogP contribution in [0.5, 0.6) is 0 Å². The molecule has 2 aromatic rings. The summed E-state index contributed by atoms with van der Waals surface area (Å²) >= 11 is 0. The van der Waals surface area contributed by atoms with Crippen molar-refractivity contribution in [1.82, 2.24) is 9.62 Å². The van der Waals surface area contributed by atoms with Gasteiger partial charge in [0, 0.05) is 31.7 Å². The monoisotopic (exact) mass is 469 g/mol. The number of nitrogens with one attached hydrogen (secondary N) is 1. The Bertz CT molecular complexity index is 1090. The molecule has 0 spiro atoms. The van der Waals surface area contributed by atoms with Gasteiger partial charge in [0.1, 0.15) is 0 Å². The molecule has 4 rings (SSSR count). The van der Waals surface area contributed by atoms with Crippen molar-refractivity contribution in [2.75, 3.05) is 24.5 Å². The number of anilines is 1. The van der Waals surface area contributed by atoms with Crippen molar-refractivity contribution in [3.8, 4) is 0 Å². The van der Waals surface area contributed by atoms with E-state index in [1.807, 2.05) is 37.3 Å². The molecule has 176 valence electrons. The SMILES string of the molecule is CC1CCN(S(=O)(=O)c2ccc(N3CC(C(=O)NC(C)c4ccccc4)CC3=O)cc2)CC1. The van der Waals surface area contributed by atoms with E-state index in [0.717, 1.165) is 18.4 Å². The first-order valence-corrected chi connectivity index (χ1v) is 13.0. The van der Waals surface area contributed by atoms with Crippen LogP contribution in [0.4, 0.5) is 5.69 Å². The minimum atomic E-state index is -3.54. The first-order chi connectivity index (χ1) is 15.8. The summed E-state index contributed by atoms with van der Waals surface area (Å²) in [6.07, 6.45) is 1.87. The van der Waals surface area contributed by atoms with E-state index < -0.39 is 15.9 Å². The number of amides is 2. The van der Waals surface area contributed by atoms with E-state index in [0.29, 0.717) is 24.7 Å². The molecule has 2 fully saturated rings. The van der Waals surface area contributed by atoms with Crippen molar-refractivity contribution < 1.29 is 18.0 Å². The number of hydrogen-bond acceptors (Lipinski definition) is 4. The molecule has 2 amide bonds. The fourth-order valence-corrected chi connectivity index (χ4v) is 5.93. The maximum atomic E-state index is 12.9. The standard InChI is InChI=1S/C25H31N3O4S/c1-18-12-14-27(15-13-18)33(31,32)23-10-8-22(9-11-23)28-17-21(16-24(28)29)25(30)26-19(2)20-6-4-3-5-7-20/h3-11,18-19,21H,12-17H2,1-2H3,(H,26,30). The molecule has 8 heteroatoms. The molecule has 2 saturated heterocycles. The number of benzene rings is 2. The second-order valence-corrected chi connectivity index (χ2v) is 11.1. The van der Waals surface area contributed by atoms with Gasteiger partial charge in [-0.3, -0.25) is 9.59 Å². The highest BCUT2D eigenvalue weighted by Crippen LogP contribution is 2.29. The fraction of sp³-hybridized carbons (Fsp3) is 0.440. The van der Waals surface area contributed by atoms with Crippen LogP contribution < -0.4 is 10.2 Å². The second-order valence-electron chi connectivity index (χ2n) is 9.13. The molecule has 1 N–H and O–H groups in total. The Balaban J connectivity index is 1.40. The molecule has 0 bridgehead atoms. The maximum absolute atomic E-state index is 12.9. The van der Waals surface area contributed by atoms with Crippen molar-refractivity contribution in [3.63, 3.8) is 0 Å². The van der Waals surface area contributed by atoms with E-state index in [4.69, 9.17) is 0 Å². The summed E-state index contributed by atoms with van der Waals surface area (Å²) in [5.41, 5.74) is 1.62. The lowest BCUT2D eigenvalue weighted by atomic mass is 10.0. The Morgan fingerprint density at radius 2 is 1.67 bits per heavy atom. The number of rotatable bonds is 6. The molecular formula is C25H31N3O4S. The summed E-state index contributed by atoms with van der Waals surface area (Å²) in [6.45, 7) is 5.41. The second kappa shape index (κ2) is 9.65. The van der Waals surface area contributed by atoms with E-state index in [1.54, 1.807) is 29.2 Å². The fourth-order valence-electron chi connectivity index (χ4n) is 4.46. The lowest BCUT2D eigenvalue weighted by molar-refractivity contribution is -0.126. The lowest BCUT2D eigenvalue weighted by Gasteiger charge is -2.29. The van der Waals surface area contributed by atoms with Crippen LogP contribution in [0.3, 0.4) is 0 Å². The Kier molecular flexibility index (Phi) is 6.86. The average molecular weight is 470 g/mol. The summed E-state index contributed by atoms with van der Waals surface area (Å²) in [4.78, 5) is 27.2. The van der Waals surface area contributed by atoms with E-state index in [-0.39, 0.29) is 35.7 Å². The minimum Gasteiger partial charge on any atom is -0.349 e. The molecule has 2 aromatic carbocycles. The van der Waals surface area contributed by atoms with Crippen LogP contribution in [0.2, 0.25) is 0 Å². The van der Waals surface area contributed by atoms with Crippen LogP contribution >= 0.6 is 0 Å². The highest BCUT2D eigenvalue weighted by atomic mass is 32.2. The third-order valence-corrected chi connectivity index (χ3v) is 8.60. The van der Waals surface area contributed by atoms with Crippen molar-refractivity contribution in [3.05, 3.63) is 60.2 Å². The molecule has 0 aliphatic carbocycles. The van der Waals surface area contributed by atoms with Crippen molar-refractivity contribution in [2.24, 2.45) is 11.8 Å². The molecule has 0 saturated carbocycles. The summed E-state index contributed by atoms with van der Waals surface area (Å²) in [5, 5.41) is 3.00. The summed E-state index contributed by atoms with van der Waals surface area (Å²) in [6, 6.07) is 16.0. The molecule has 0 radical (unpaired) electrons. The zero-order valence-electron chi connectivity index (χ0n) is 19.1. The third kappa shape index (κ3) is 5.12. The number of carbonyl (C=O) groups is 2. The molecule has 2 heterocycles. The van der Waals surface area contributed by atoms with Gasteiger partial charge in [-0.2, -0.15) is 4.31 Å². The highest BCUT2D eigenvalue weighted by molar-refractivity contribution is 7.89. The molecule has 2 aliphatic heterocycles. The quantitative estimate of drug-likeness (QED) is 0.703. The summed E-state index contributed by atoms with van der Waals surface area (Å²) in [5.74, 6) is -0.188. The molecule has 2 aliphatic rings. The number of hydrogen-bond donors (Lipinski definition) is 1. The lowest BCUT2D eigenvalue weighted by Crippen LogP contribution is -2.37. The van der Waals surface area contributed by atoms with E-state index in [1.165, 1.54) is 4.31 Å². The normalized spacial score (nSPS) is 21.2. The van der Waals surface area contributed by atoms with Crippen molar-refractivity contribution >= 4 is 27.5 Å². The van der Waals surface area contributed by atoms with Gasteiger partial charge < -0.3 is 10.2 Å². The predicted octanol–water partition coefficient (Wildman–Crippen LogP) is 3.34. The van der Waals surface area contributed by atoms with E-state index in [9.17, 15) is 18.0 Å². The van der Waals surface area contributed by atoms with Gasteiger partial charge >= 0.3 is 0 Å². The van der Waals surface area contributed by atoms with E-state index in [2.05, 4.69) is 12.2 Å². The third-order valence-electron chi connectivity index (χ3n) is 6.68. The Morgan fingerprint density at radius 1 is 1.03 bits per heavy atom. The molecule has 2 atom stereocenters. The van der Waals surface area contributed by atoms with Gasteiger partial charge in [0.15, 0.2) is 0 Å². The number of piperidine rings is 1. The van der Waals surface area contributed by atoms with Gasteiger partial charge in [-0.15, -0.1) is 0 Å². The first-order valence-electron chi connectivity index (χ1n) is 11.5. The minimum absolute atomic E-state index is 0.136. The van der Waals surface area contributed by atoms with Crippen LogP contribution in [0.25, 0.3) is 0 Å². The molecule has 2 unspecified atom stereocenters. The van der Waals surface area contributed by atoms with Gasteiger partial charge in [0.25, 0.3) is 0 Å². The Morgan fingerprint density at radius 3 is 2.30 bits per heavy atom. The van der Waals surface area contributed by atoms with E-state index >= 15 is 0 Å². The molecule has 7 nitrogen and oxygen atoms in total. The zero-order chi connectivity index (χ0) is 23.6. The van der Waals surface area contributed by atoms with Gasteiger partial charge in [-0.1, -0.05) is 37.3 Å². The first kappa shape index (κ1) is 23.4. The number of carbonyl (C=O) groups excluding carboxylic acids is 2. The Hall–Kier alpha value is -2.71.